The van der Waals surface area contributed by atoms with Crippen molar-refractivity contribution in [1.82, 2.24) is 25.1 Å². The zero-order chi connectivity index (χ0) is 28.0. The van der Waals surface area contributed by atoms with Crippen LogP contribution in [0.3, 0.4) is 0 Å². The number of aliphatic hydroxyl groups is 1. The highest BCUT2D eigenvalue weighted by molar-refractivity contribution is 8.14. The Morgan fingerprint density at radius 1 is 1.19 bits per heavy atom. The number of likely N-dealkylation sites (tertiary alicyclic amines) is 1. The molecule has 1 fully saturated rings. The summed E-state index contributed by atoms with van der Waals surface area (Å²) in [5, 5.41) is 20.8. The number of aryl methyl sites for hydroxylation is 1. The summed E-state index contributed by atoms with van der Waals surface area (Å²) in [5.74, 6) is -1.89. The number of hydrogen-bond donors (Lipinski definition) is 1. The SMILES string of the molecule is CC(C)(C)[Si](C)(C)OC[C@H]1C(=O)N(C(O)C(=O)OCC[Si](C)(C)C)[C@@H]1SC(=O)CCCCn1cnnn1. The molecule has 2 rings (SSSR count). The van der Waals surface area contributed by atoms with E-state index in [4.69, 9.17) is 9.16 Å². The Morgan fingerprint density at radius 3 is 2.43 bits per heavy atom. The van der Waals surface area contributed by atoms with Gasteiger partial charge in [-0.1, -0.05) is 52.2 Å². The minimum absolute atomic E-state index is 0.0444. The third-order valence-corrected chi connectivity index (χ3v) is 14.3. The summed E-state index contributed by atoms with van der Waals surface area (Å²) in [7, 11) is -3.57. The van der Waals surface area contributed by atoms with Gasteiger partial charge in [0.1, 0.15) is 11.7 Å². The summed E-state index contributed by atoms with van der Waals surface area (Å²) in [4.78, 5) is 39.4. The number of carbonyl (C=O) groups excluding carboxylic acids is 3. The lowest BCUT2D eigenvalue weighted by Gasteiger charge is -2.48. The monoisotopic (exact) mass is 573 g/mol. The molecule has 1 N–H and O–H groups in total. The van der Waals surface area contributed by atoms with Gasteiger partial charge in [-0.3, -0.25) is 14.5 Å². The lowest BCUT2D eigenvalue weighted by atomic mass is 9.99. The average Bonchev–Trinajstić information content (AvgIpc) is 3.28. The Hall–Kier alpha value is -1.62. The number of unbranched alkanes of at least 4 members (excludes halogenated alkanes) is 1. The van der Waals surface area contributed by atoms with Crippen molar-refractivity contribution in [2.45, 2.75) is 102 Å². The standard InChI is InChI=1S/C23H43N5O6SSi2/c1-23(2,3)37(7,8)34-15-17-19(30)28(20(31)22(32)33-13-14-36(4,5)6)21(17)35-18(29)11-9-10-12-27-16-24-25-26-27/h16-17,20-21,31H,9-15H2,1-8H3/t17-,20?,21+/m0/s1. The van der Waals surface area contributed by atoms with E-state index in [9.17, 15) is 19.5 Å². The van der Waals surface area contributed by atoms with Crippen LogP contribution in [0.4, 0.5) is 0 Å². The molecule has 0 radical (unpaired) electrons. The third-order valence-electron chi connectivity index (χ3n) is 6.85. The molecule has 0 aliphatic carbocycles. The lowest BCUT2D eigenvalue weighted by Crippen LogP contribution is -2.67. The highest BCUT2D eigenvalue weighted by Gasteiger charge is 2.54. The van der Waals surface area contributed by atoms with E-state index in [0.29, 0.717) is 19.4 Å². The molecule has 1 aromatic heterocycles. The van der Waals surface area contributed by atoms with Gasteiger partial charge in [0, 0.05) is 27.6 Å². The van der Waals surface area contributed by atoms with Crippen molar-refractivity contribution in [3.63, 3.8) is 0 Å². The van der Waals surface area contributed by atoms with E-state index in [1.165, 1.54) is 6.33 Å². The van der Waals surface area contributed by atoms with Crippen LogP contribution < -0.4 is 0 Å². The van der Waals surface area contributed by atoms with E-state index in [1.807, 2.05) is 0 Å². The molecule has 1 amide bonds. The maximum atomic E-state index is 13.0. The number of tetrazole rings is 1. The zero-order valence-corrected chi connectivity index (χ0v) is 26.2. The van der Waals surface area contributed by atoms with E-state index in [0.717, 1.165) is 22.7 Å². The van der Waals surface area contributed by atoms with Crippen LogP contribution in [0.5, 0.6) is 0 Å². The van der Waals surface area contributed by atoms with Gasteiger partial charge in [0.15, 0.2) is 13.4 Å². The molecule has 1 aliphatic rings. The van der Waals surface area contributed by atoms with Gasteiger partial charge in [0.25, 0.3) is 0 Å². The molecule has 0 spiro atoms. The van der Waals surface area contributed by atoms with E-state index < -0.39 is 45.8 Å². The number of aromatic nitrogens is 4. The number of ether oxygens (including phenoxy) is 1. The number of hydrogen-bond acceptors (Lipinski definition) is 10. The quantitative estimate of drug-likeness (QED) is 0.153. The highest BCUT2D eigenvalue weighted by Crippen LogP contribution is 2.41. The molecular weight excluding hydrogens is 531 g/mol. The summed E-state index contributed by atoms with van der Waals surface area (Å²) < 4.78 is 13.1. The van der Waals surface area contributed by atoms with Crippen molar-refractivity contribution >= 4 is 45.1 Å². The first-order chi connectivity index (χ1) is 17.0. The van der Waals surface area contributed by atoms with Gasteiger partial charge < -0.3 is 14.3 Å². The van der Waals surface area contributed by atoms with Gasteiger partial charge in [-0.25, -0.2) is 9.48 Å². The minimum atomic E-state index is -2.14. The first kappa shape index (κ1) is 31.6. The van der Waals surface area contributed by atoms with E-state index in [-0.39, 0.29) is 29.8 Å². The van der Waals surface area contributed by atoms with Gasteiger partial charge >= 0.3 is 5.97 Å². The molecular formula is C23H43N5O6SSi2. The summed E-state index contributed by atoms with van der Waals surface area (Å²) in [6.07, 6.45) is 1.40. The zero-order valence-electron chi connectivity index (χ0n) is 23.4. The fraction of sp³-hybridized carbons (Fsp3) is 0.826. The second kappa shape index (κ2) is 13.0. The van der Waals surface area contributed by atoms with Crippen LogP contribution in [-0.4, -0.2) is 88.4 Å². The molecule has 0 bridgehead atoms. The van der Waals surface area contributed by atoms with Crippen LogP contribution >= 0.6 is 11.8 Å². The number of aliphatic hydroxyl groups excluding tert-OH is 1. The van der Waals surface area contributed by atoms with Crippen LogP contribution in [0.2, 0.25) is 43.8 Å². The molecule has 1 aliphatic heterocycles. The fourth-order valence-corrected chi connectivity index (χ4v) is 6.25. The minimum Gasteiger partial charge on any atom is -0.463 e. The van der Waals surface area contributed by atoms with Crippen molar-refractivity contribution in [3.8, 4) is 0 Å². The van der Waals surface area contributed by atoms with Crippen LogP contribution in [0.1, 0.15) is 40.0 Å². The largest absolute Gasteiger partial charge is 0.463 e. The average molecular weight is 574 g/mol. The number of β-lactam (4-membered cyclic amide) rings is 1. The van der Waals surface area contributed by atoms with E-state index in [2.05, 4.69) is 69.0 Å². The molecule has 11 nitrogen and oxygen atoms in total. The Balaban J connectivity index is 2.01. The molecule has 210 valence electrons. The van der Waals surface area contributed by atoms with Gasteiger partial charge in [-0.05, 0) is 47.4 Å². The van der Waals surface area contributed by atoms with Crippen molar-refractivity contribution in [2.24, 2.45) is 5.92 Å². The smallest absolute Gasteiger partial charge is 0.356 e. The van der Waals surface area contributed by atoms with Crippen molar-refractivity contribution in [1.29, 1.82) is 0 Å². The van der Waals surface area contributed by atoms with E-state index in [1.54, 1.807) is 4.68 Å². The summed E-state index contributed by atoms with van der Waals surface area (Å²) >= 11 is 0.980. The highest BCUT2D eigenvalue weighted by atomic mass is 32.2. The lowest BCUT2D eigenvalue weighted by molar-refractivity contribution is -0.186. The molecule has 1 unspecified atom stereocenters. The fourth-order valence-electron chi connectivity index (χ4n) is 3.28. The van der Waals surface area contributed by atoms with Gasteiger partial charge in [0.2, 0.25) is 12.1 Å². The van der Waals surface area contributed by atoms with Gasteiger partial charge in [-0.2, -0.15) is 0 Å². The number of carbonyl (C=O) groups is 3. The number of amides is 1. The Bertz CT molecular complexity index is 920. The van der Waals surface area contributed by atoms with Crippen molar-refractivity contribution < 1.29 is 28.7 Å². The summed E-state index contributed by atoms with van der Waals surface area (Å²) in [5.41, 5.74) is 0. The van der Waals surface area contributed by atoms with E-state index >= 15 is 0 Å². The summed E-state index contributed by atoms with van der Waals surface area (Å²) in [6, 6.07) is 0.754. The van der Waals surface area contributed by atoms with Crippen molar-refractivity contribution in [3.05, 3.63) is 6.33 Å². The van der Waals surface area contributed by atoms with Gasteiger partial charge in [-0.15, -0.1) is 5.10 Å². The van der Waals surface area contributed by atoms with Crippen LogP contribution in [0.25, 0.3) is 0 Å². The second-order valence-corrected chi connectivity index (χ2v) is 23.8. The predicted octanol–water partition coefficient (Wildman–Crippen LogP) is 3.11. The molecule has 1 aromatic rings. The molecule has 0 aromatic carbocycles. The van der Waals surface area contributed by atoms with Crippen molar-refractivity contribution in [2.75, 3.05) is 13.2 Å². The first-order valence-corrected chi connectivity index (χ1v) is 20.2. The topological polar surface area (TPSA) is 137 Å². The number of rotatable bonds is 14. The maximum Gasteiger partial charge on any atom is 0.356 e. The Kier molecular flexibility index (Phi) is 11.1. The molecule has 14 heteroatoms. The van der Waals surface area contributed by atoms with Crippen LogP contribution in [0, 0.1) is 5.92 Å². The normalized spacial score (nSPS) is 19.5. The van der Waals surface area contributed by atoms with Crippen LogP contribution in [0.15, 0.2) is 6.33 Å². The number of esters is 1. The third kappa shape index (κ3) is 9.27. The Morgan fingerprint density at radius 2 is 1.86 bits per heavy atom. The second-order valence-electron chi connectivity index (χ2n) is 12.2. The molecule has 2 heterocycles. The molecule has 3 atom stereocenters. The first-order valence-electron chi connectivity index (χ1n) is 12.7. The number of thioether (sulfide) groups is 1. The molecule has 0 saturated carbocycles. The van der Waals surface area contributed by atoms with Crippen LogP contribution in [-0.2, 0) is 30.1 Å². The maximum absolute atomic E-state index is 13.0. The molecule has 1 saturated heterocycles. The number of nitrogens with zero attached hydrogens (tertiary/aromatic N) is 5. The Labute approximate surface area is 226 Å². The van der Waals surface area contributed by atoms with Gasteiger partial charge in [0.05, 0.1) is 12.5 Å². The predicted molar refractivity (Wildman–Crippen MR) is 147 cm³/mol. The summed E-state index contributed by atoms with van der Waals surface area (Å²) in [6.45, 7) is 17.9. The molecule has 37 heavy (non-hydrogen) atoms.